The topological polar surface area (TPSA) is 32.3 Å². The van der Waals surface area contributed by atoms with E-state index >= 15 is 0 Å². The molecule has 0 saturated carbocycles. The normalized spacial score (nSPS) is 21.6. The quantitative estimate of drug-likeness (QED) is 0.820. The van der Waals surface area contributed by atoms with E-state index in [4.69, 9.17) is 0 Å². The molecule has 15 heavy (non-hydrogen) atoms. The Bertz CT molecular complexity index is 359. The Morgan fingerprint density at radius 3 is 2.87 bits per heavy atom. The van der Waals surface area contributed by atoms with E-state index in [-0.39, 0.29) is 0 Å². The zero-order valence-electron chi connectivity index (χ0n) is 8.89. The summed E-state index contributed by atoms with van der Waals surface area (Å²) >= 11 is 3.47. The van der Waals surface area contributed by atoms with Gasteiger partial charge in [0.1, 0.15) is 5.75 Å². The van der Waals surface area contributed by atoms with E-state index in [9.17, 15) is 5.11 Å². The molecule has 0 radical (unpaired) electrons. The molecule has 1 saturated heterocycles. The van der Waals surface area contributed by atoms with Crippen LogP contribution in [0.4, 0.5) is 0 Å². The number of phenolic OH excluding ortho intramolecular Hbond substituents is 1. The molecule has 1 aliphatic heterocycles. The van der Waals surface area contributed by atoms with Gasteiger partial charge in [0.2, 0.25) is 0 Å². The lowest BCUT2D eigenvalue weighted by Gasteiger charge is -2.25. The maximum Gasteiger partial charge on any atom is 0.123 e. The Morgan fingerprint density at radius 1 is 1.40 bits per heavy atom. The maximum atomic E-state index is 10.0. The second-order valence-corrected chi connectivity index (χ2v) is 5.08. The van der Waals surface area contributed by atoms with Gasteiger partial charge in [-0.2, -0.15) is 0 Å². The van der Waals surface area contributed by atoms with E-state index in [0.29, 0.717) is 11.8 Å². The lowest BCUT2D eigenvalue weighted by molar-refractivity contribution is 0.389. The molecule has 0 spiro atoms. The van der Waals surface area contributed by atoms with Crippen LogP contribution in [0.15, 0.2) is 16.6 Å². The first-order valence-corrected chi connectivity index (χ1v) is 6.20. The number of rotatable bonds is 1. The second-order valence-electron chi connectivity index (χ2n) is 4.16. The van der Waals surface area contributed by atoms with Gasteiger partial charge in [0.25, 0.3) is 0 Å². The van der Waals surface area contributed by atoms with E-state index < -0.39 is 0 Å². The van der Waals surface area contributed by atoms with Crippen molar-refractivity contribution >= 4 is 15.9 Å². The predicted molar refractivity (Wildman–Crippen MR) is 65.1 cm³/mol. The van der Waals surface area contributed by atoms with Gasteiger partial charge >= 0.3 is 0 Å². The van der Waals surface area contributed by atoms with Crippen molar-refractivity contribution in [3.63, 3.8) is 0 Å². The van der Waals surface area contributed by atoms with Crippen LogP contribution in [0.5, 0.6) is 5.75 Å². The number of benzene rings is 1. The highest BCUT2D eigenvalue weighted by Gasteiger charge is 2.19. The fraction of sp³-hybridized carbons (Fsp3) is 0.500. The SMILES string of the molecule is Cc1cc(Br)cc(C2CCCCN2)c1O. The average molecular weight is 270 g/mol. The van der Waals surface area contributed by atoms with Gasteiger partial charge in [-0.05, 0) is 44.0 Å². The Labute approximate surface area is 98.8 Å². The fourth-order valence-corrected chi connectivity index (χ4v) is 2.73. The van der Waals surface area contributed by atoms with Crippen LogP contribution in [-0.2, 0) is 0 Å². The van der Waals surface area contributed by atoms with Crippen molar-refractivity contribution in [2.45, 2.75) is 32.2 Å². The van der Waals surface area contributed by atoms with Crippen LogP contribution in [0, 0.1) is 6.92 Å². The predicted octanol–water partition coefficient (Wildman–Crippen LogP) is 3.28. The summed E-state index contributed by atoms with van der Waals surface area (Å²) in [6.07, 6.45) is 3.59. The monoisotopic (exact) mass is 269 g/mol. The molecule has 1 heterocycles. The lowest BCUT2D eigenvalue weighted by Crippen LogP contribution is -2.26. The number of piperidine rings is 1. The van der Waals surface area contributed by atoms with E-state index in [2.05, 4.69) is 21.2 Å². The summed E-state index contributed by atoms with van der Waals surface area (Å²) < 4.78 is 1.04. The highest BCUT2D eigenvalue weighted by molar-refractivity contribution is 9.10. The van der Waals surface area contributed by atoms with Crippen molar-refractivity contribution in [1.82, 2.24) is 5.32 Å². The fourth-order valence-electron chi connectivity index (χ4n) is 2.14. The zero-order chi connectivity index (χ0) is 10.8. The molecule has 1 aliphatic rings. The minimum atomic E-state index is 0.315. The van der Waals surface area contributed by atoms with Crippen molar-refractivity contribution < 1.29 is 5.11 Å². The van der Waals surface area contributed by atoms with Gasteiger partial charge in [-0.3, -0.25) is 0 Å². The summed E-state index contributed by atoms with van der Waals surface area (Å²) in [4.78, 5) is 0. The summed E-state index contributed by atoms with van der Waals surface area (Å²) in [5, 5.41) is 13.5. The number of phenols is 1. The van der Waals surface area contributed by atoms with Gasteiger partial charge < -0.3 is 10.4 Å². The van der Waals surface area contributed by atoms with Gasteiger partial charge in [-0.1, -0.05) is 22.4 Å². The maximum absolute atomic E-state index is 10.0. The number of nitrogens with one attached hydrogen (secondary N) is 1. The van der Waals surface area contributed by atoms with Crippen molar-refractivity contribution in [3.8, 4) is 5.75 Å². The van der Waals surface area contributed by atoms with Crippen molar-refractivity contribution in [2.24, 2.45) is 0 Å². The third kappa shape index (κ3) is 2.34. The first kappa shape index (κ1) is 11.0. The Kier molecular flexibility index (Phi) is 3.32. The molecule has 1 unspecified atom stereocenters. The van der Waals surface area contributed by atoms with Crippen molar-refractivity contribution in [3.05, 3.63) is 27.7 Å². The standard InChI is InChI=1S/C12H16BrNO/c1-8-6-9(13)7-10(12(8)15)11-4-2-3-5-14-11/h6-7,11,14-15H,2-5H2,1H3. The molecule has 0 amide bonds. The van der Waals surface area contributed by atoms with Crippen LogP contribution in [0.3, 0.4) is 0 Å². The molecular weight excluding hydrogens is 254 g/mol. The molecule has 0 aliphatic carbocycles. The molecule has 1 fully saturated rings. The summed E-state index contributed by atoms with van der Waals surface area (Å²) in [6.45, 7) is 2.99. The summed E-state index contributed by atoms with van der Waals surface area (Å²) in [6, 6.07) is 4.28. The Hall–Kier alpha value is -0.540. The van der Waals surface area contributed by atoms with Crippen LogP contribution >= 0.6 is 15.9 Å². The molecule has 2 N–H and O–H groups in total. The molecule has 2 rings (SSSR count). The molecule has 1 atom stereocenters. The molecule has 1 aromatic carbocycles. The third-order valence-electron chi connectivity index (χ3n) is 2.98. The lowest BCUT2D eigenvalue weighted by atomic mass is 9.95. The molecular formula is C12H16BrNO. The van der Waals surface area contributed by atoms with Crippen LogP contribution in [-0.4, -0.2) is 11.7 Å². The number of aryl methyl sites for hydroxylation is 1. The van der Waals surface area contributed by atoms with Crippen LogP contribution in [0.25, 0.3) is 0 Å². The number of aromatic hydroxyl groups is 1. The van der Waals surface area contributed by atoms with Gasteiger partial charge in [-0.25, -0.2) is 0 Å². The summed E-state index contributed by atoms with van der Waals surface area (Å²) in [7, 11) is 0. The number of hydrogen-bond acceptors (Lipinski definition) is 2. The van der Waals surface area contributed by atoms with Crippen LogP contribution < -0.4 is 5.32 Å². The molecule has 1 aromatic rings. The van der Waals surface area contributed by atoms with E-state index in [0.717, 1.165) is 28.6 Å². The molecule has 82 valence electrons. The smallest absolute Gasteiger partial charge is 0.123 e. The largest absolute Gasteiger partial charge is 0.507 e. The van der Waals surface area contributed by atoms with Crippen molar-refractivity contribution in [2.75, 3.05) is 6.54 Å². The molecule has 0 bridgehead atoms. The van der Waals surface area contributed by atoms with E-state index in [1.165, 1.54) is 12.8 Å². The first-order chi connectivity index (χ1) is 7.18. The number of hydrogen-bond donors (Lipinski definition) is 2. The van der Waals surface area contributed by atoms with E-state index in [1.807, 2.05) is 19.1 Å². The van der Waals surface area contributed by atoms with Gasteiger partial charge in [0.15, 0.2) is 0 Å². The Morgan fingerprint density at radius 2 is 2.20 bits per heavy atom. The molecule has 0 aromatic heterocycles. The van der Waals surface area contributed by atoms with Crippen molar-refractivity contribution in [1.29, 1.82) is 0 Å². The first-order valence-electron chi connectivity index (χ1n) is 5.41. The summed E-state index contributed by atoms with van der Waals surface area (Å²) in [5.74, 6) is 0.442. The highest BCUT2D eigenvalue weighted by Crippen LogP contribution is 2.34. The third-order valence-corrected chi connectivity index (χ3v) is 3.44. The van der Waals surface area contributed by atoms with Gasteiger partial charge in [0.05, 0.1) is 0 Å². The summed E-state index contributed by atoms with van der Waals surface area (Å²) in [5.41, 5.74) is 1.97. The van der Waals surface area contributed by atoms with Gasteiger partial charge in [-0.15, -0.1) is 0 Å². The molecule has 3 heteroatoms. The van der Waals surface area contributed by atoms with Gasteiger partial charge in [0, 0.05) is 16.1 Å². The van der Waals surface area contributed by atoms with Crippen LogP contribution in [0.1, 0.15) is 36.4 Å². The average Bonchev–Trinajstić information content (AvgIpc) is 2.24. The number of halogens is 1. The van der Waals surface area contributed by atoms with E-state index in [1.54, 1.807) is 0 Å². The minimum absolute atomic E-state index is 0.315. The highest BCUT2D eigenvalue weighted by atomic mass is 79.9. The Balaban J connectivity index is 2.33. The minimum Gasteiger partial charge on any atom is -0.507 e. The van der Waals surface area contributed by atoms with Crippen LogP contribution in [0.2, 0.25) is 0 Å². The molecule has 2 nitrogen and oxygen atoms in total. The second kappa shape index (κ2) is 4.54. The zero-order valence-corrected chi connectivity index (χ0v) is 10.5.